The molecule has 0 amide bonds. The van der Waals surface area contributed by atoms with E-state index in [9.17, 15) is 4.39 Å². The maximum Gasteiger partial charge on any atom is 0.186 e. The maximum atomic E-state index is 13.9. The fourth-order valence-electron chi connectivity index (χ4n) is 1.78. The van der Waals surface area contributed by atoms with Crippen LogP contribution in [0.1, 0.15) is 23.7 Å². The molecule has 2 aromatic rings. The van der Waals surface area contributed by atoms with Crippen LogP contribution in [0.3, 0.4) is 0 Å². The second kappa shape index (κ2) is 6.48. The molecular formula is C14H15ClFN3. The van der Waals surface area contributed by atoms with Gasteiger partial charge in [-0.25, -0.2) is 14.4 Å². The molecule has 0 aliphatic carbocycles. The summed E-state index contributed by atoms with van der Waals surface area (Å²) in [5, 5.41) is 2.99. The first-order valence-electron chi connectivity index (χ1n) is 6.11. The topological polar surface area (TPSA) is 37.8 Å². The van der Waals surface area contributed by atoms with Crippen molar-refractivity contribution in [1.82, 2.24) is 9.97 Å². The fraction of sp³-hybridized carbons (Fsp3) is 0.286. The van der Waals surface area contributed by atoms with E-state index in [2.05, 4.69) is 15.3 Å². The molecule has 5 heteroatoms. The van der Waals surface area contributed by atoms with Crippen molar-refractivity contribution < 1.29 is 4.39 Å². The van der Waals surface area contributed by atoms with E-state index in [1.807, 2.05) is 31.2 Å². The Hall–Kier alpha value is -1.68. The second-order valence-electron chi connectivity index (χ2n) is 4.14. The Bertz CT molecular complexity index is 560. The normalized spacial score (nSPS) is 10.5. The molecule has 0 bridgehead atoms. The first-order chi connectivity index (χ1) is 9.24. The van der Waals surface area contributed by atoms with Crippen molar-refractivity contribution >= 4 is 17.4 Å². The van der Waals surface area contributed by atoms with Gasteiger partial charge in [0.15, 0.2) is 11.6 Å². The van der Waals surface area contributed by atoms with Gasteiger partial charge in [-0.05, 0) is 17.5 Å². The highest BCUT2D eigenvalue weighted by Gasteiger charge is 2.08. The van der Waals surface area contributed by atoms with Crippen LogP contribution in [0, 0.1) is 5.82 Å². The van der Waals surface area contributed by atoms with Gasteiger partial charge in [0.05, 0.1) is 5.69 Å². The lowest BCUT2D eigenvalue weighted by molar-refractivity contribution is 0.596. The average Bonchev–Trinajstić information content (AvgIpc) is 2.46. The molecule has 0 saturated heterocycles. The zero-order chi connectivity index (χ0) is 13.7. The summed E-state index contributed by atoms with van der Waals surface area (Å²) in [7, 11) is 0. The van der Waals surface area contributed by atoms with Crippen LogP contribution >= 0.6 is 11.6 Å². The number of anilines is 1. The van der Waals surface area contributed by atoms with Crippen LogP contribution < -0.4 is 5.32 Å². The van der Waals surface area contributed by atoms with Crippen molar-refractivity contribution in [2.75, 3.05) is 5.32 Å². The van der Waals surface area contributed by atoms with Gasteiger partial charge in [-0.15, -0.1) is 11.6 Å². The highest BCUT2D eigenvalue weighted by molar-refractivity contribution is 6.17. The number of alkyl halides is 1. The zero-order valence-corrected chi connectivity index (χ0v) is 11.4. The molecule has 1 aromatic carbocycles. The Kier molecular flexibility index (Phi) is 4.68. The molecule has 19 heavy (non-hydrogen) atoms. The minimum absolute atomic E-state index is 0.239. The van der Waals surface area contributed by atoms with Gasteiger partial charge < -0.3 is 5.32 Å². The highest BCUT2D eigenvalue weighted by Crippen LogP contribution is 2.15. The number of aromatic nitrogens is 2. The zero-order valence-electron chi connectivity index (χ0n) is 10.7. The van der Waals surface area contributed by atoms with Gasteiger partial charge in [0, 0.05) is 12.4 Å². The van der Waals surface area contributed by atoms with E-state index in [1.165, 1.54) is 6.33 Å². The van der Waals surface area contributed by atoms with Gasteiger partial charge in [-0.2, -0.15) is 0 Å². The smallest absolute Gasteiger partial charge is 0.186 e. The third-order valence-corrected chi connectivity index (χ3v) is 3.11. The minimum atomic E-state index is -0.376. The van der Waals surface area contributed by atoms with Crippen molar-refractivity contribution in [3.05, 3.63) is 53.2 Å². The van der Waals surface area contributed by atoms with Gasteiger partial charge in [-0.3, -0.25) is 0 Å². The predicted octanol–water partition coefficient (Wildman–Crippen LogP) is 3.53. The largest absolute Gasteiger partial charge is 0.363 e. The van der Waals surface area contributed by atoms with Gasteiger partial charge in [-0.1, -0.05) is 31.2 Å². The number of rotatable bonds is 5. The Morgan fingerprint density at radius 2 is 2.05 bits per heavy atom. The van der Waals surface area contributed by atoms with Crippen LogP contribution in [0.2, 0.25) is 0 Å². The third-order valence-electron chi connectivity index (χ3n) is 2.80. The van der Waals surface area contributed by atoms with Crippen molar-refractivity contribution in [3.8, 4) is 0 Å². The number of halogens is 2. The number of nitrogens with one attached hydrogen (secondary N) is 1. The summed E-state index contributed by atoms with van der Waals surface area (Å²) in [6, 6.07) is 7.84. The lowest BCUT2D eigenvalue weighted by atomic mass is 10.1. The van der Waals surface area contributed by atoms with E-state index >= 15 is 0 Å². The first-order valence-corrected chi connectivity index (χ1v) is 6.65. The van der Waals surface area contributed by atoms with Crippen molar-refractivity contribution in [2.24, 2.45) is 0 Å². The number of nitrogens with zero attached hydrogens (tertiary/aromatic N) is 2. The molecule has 100 valence electrons. The monoisotopic (exact) mass is 279 g/mol. The van der Waals surface area contributed by atoms with E-state index in [-0.39, 0.29) is 11.6 Å². The Labute approximate surface area is 116 Å². The van der Waals surface area contributed by atoms with Gasteiger partial charge in [0.1, 0.15) is 6.33 Å². The molecule has 3 nitrogen and oxygen atoms in total. The minimum Gasteiger partial charge on any atom is -0.363 e. The van der Waals surface area contributed by atoms with Crippen molar-refractivity contribution in [1.29, 1.82) is 0 Å². The summed E-state index contributed by atoms with van der Waals surface area (Å²) >= 11 is 5.78. The Balaban J connectivity index is 2.10. The van der Waals surface area contributed by atoms with Crippen LogP contribution in [0.4, 0.5) is 10.2 Å². The van der Waals surface area contributed by atoms with Crippen LogP contribution in [-0.2, 0) is 18.8 Å². The van der Waals surface area contributed by atoms with Crippen LogP contribution in [0.5, 0.6) is 0 Å². The predicted molar refractivity (Wildman–Crippen MR) is 74.7 cm³/mol. The Morgan fingerprint density at radius 1 is 1.26 bits per heavy atom. The maximum absolute atomic E-state index is 13.9. The average molecular weight is 280 g/mol. The number of aryl methyl sites for hydroxylation is 1. The number of hydrogen-bond donors (Lipinski definition) is 1. The lowest BCUT2D eigenvalue weighted by Gasteiger charge is -2.09. The summed E-state index contributed by atoms with van der Waals surface area (Å²) in [6.07, 6.45) is 1.92. The standard InChI is InChI=1S/C14H15ClFN3/c1-2-12-13(16)14(19-9-18-12)17-8-11-5-3-4-10(6-11)7-15/h3-6,9H,2,7-8H2,1H3,(H,17,18,19). The van der Waals surface area contributed by atoms with Gasteiger partial charge in [0.25, 0.3) is 0 Å². The second-order valence-corrected chi connectivity index (χ2v) is 4.41. The molecular weight excluding hydrogens is 265 g/mol. The van der Waals surface area contributed by atoms with Crippen LogP contribution in [0.15, 0.2) is 30.6 Å². The Morgan fingerprint density at radius 3 is 2.79 bits per heavy atom. The van der Waals surface area contributed by atoms with E-state index in [0.717, 1.165) is 11.1 Å². The quantitative estimate of drug-likeness (QED) is 0.851. The van der Waals surface area contributed by atoms with Gasteiger partial charge >= 0.3 is 0 Å². The van der Waals surface area contributed by atoms with E-state index in [4.69, 9.17) is 11.6 Å². The van der Waals surface area contributed by atoms with E-state index in [1.54, 1.807) is 0 Å². The molecule has 0 unspecified atom stereocenters. The number of benzene rings is 1. The number of hydrogen-bond acceptors (Lipinski definition) is 3. The SMILES string of the molecule is CCc1ncnc(NCc2cccc(CCl)c2)c1F. The summed E-state index contributed by atoms with van der Waals surface area (Å²) in [5.74, 6) is 0.331. The summed E-state index contributed by atoms with van der Waals surface area (Å²) in [5.41, 5.74) is 2.50. The summed E-state index contributed by atoms with van der Waals surface area (Å²) < 4.78 is 13.9. The molecule has 0 radical (unpaired) electrons. The molecule has 2 rings (SSSR count). The lowest BCUT2D eigenvalue weighted by Crippen LogP contribution is -2.07. The van der Waals surface area contributed by atoms with Gasteiger partial charge in [0.2, 0.25) is 0 Å². The third kappa shape index (κ3) is 3.41. The molecule has 1 N–H and O–H groups in total. The van der Waals surface area contributed by atoms with Crippen molar-refractivity contribution in [3.63, 3.8) is 0 Å². The molecule has 1 heterocycles. The highest BCUT2D eigenvalue weighted by atomic mass is 35.5. The van der Waals surface area contributed by atoms with Crippen molar-refractivity contribution in [2.45, 2.75) is 25.8 Å². The molecule has 0 aliphatic rings. The molecule has 1 aromatic heterocycles. The van der Waals surface area contributed by atoms with E-state index < -0.39 is 0 Å². The van der Waals surface area contributed by atoms with Crippen LogP contribution in [0.25, 0.3) is 0 Å². The molecule has 0 saturated carbocycles. The molecule has 0 spiro atoms. The summed E-state index contributed by atoms with van der Waals surface area (Å²) in [4.78, 5) is 7.82. The van der Waals surface area contributed by atoms with E-state index in [0.29, 0.717) is 24.5 Å². The van der Waals surface area contributed by atoms with Crippen LogP contribution in [-0.4, -0.2) is 9.97 Å². The first kappa shape index (κ1) is 13.7. The molecule has 0 aliphatic heterocycles. The fourth-order valence-corrected chi connectivity index (χ4v) is 1.95. The molecule has 0 fully saturated rings. The molecule has 0 atom stereocenters. The summed E-state index contributed by atoms with van der Waals surface area (Å²) in [6.45, 7) is 2.36.